The molecular weight excluding hydrogens is 166 g/mol. The summed E-state index contributed by atoms with van der Waals surface area (Å²) in [7, 11) is 0. The molecular formula is C10H15NS. The highest BCUT2D eigenvalue weighted by molar-refractivity contribution is 7.11. The lowest BCUT2D eigenvalue weighted by molar-refractivity contribution is 0.703. The van der Waals surface area contributed by atoms with Crippen LogP contribution in [-0.2, 0) is 6.54 Å². The highest BCUT2D eigenvalue weighted by Gasteiger charge is 1.94. The van der Waals surface area contributed by atoms with Crippen LogP contribution in [0.5, 0.6) is 0 Å². The van der Waals surface area contributed by atoms with E-state index in [0.717, 1.165) is 19.5 Å². The molecule has 0 aromatic carbocycles. The molecule has 2 heteroatoms. The summed E-state index contributed by atoms with van der Waals surface area (Å²) < 4.78 is 0. The van der Waals surface area contributed by atoms with Crippen molar-refractivity contribution in [1.29, 1.82) is 0 Å². The molecule has 0 amide bonds. The van der Waals surface area contributed by atoms with Crippen molar-refractivity contribution in [3.8, 4) is 0 Å². The zero-order valence-electron chi connectivity index (χ0n) is 7.47. The van der Waals surface area contributed by atoms with Gasteiger partial charge in [0.25, 0.3) is 0 Å². The first-order valence-electron chi connectivity index (χ1n) is 4.20. The Hall–Kier alpha value is -0.600. The smallest absolute Gasteiger partial charge is 0.0299 e. The fourth-order valence-corrected chi connectivity index (χ4v) is 1.86. The molecule has 0 aliphatic rings. The zero-order valence-corrected chi connectivity index (χ0v) is 8.29. The minimum atomic E-state index is 0.992. The van der Waals surface area contributed by atoms with Gasteiger partial charge >= 0.3 is 0 Å². The molecule has 1 heterocycles. The number of rotatable bonds is 5. The second-order valence-corrected chi connectivity index (χ2v) is 4.14. The van der Waals surface area contributed by atoms with E-state index in [-0.39, 0.29) is 0 Å². The molecule has 12 heavy (non-hydrogen) atoms. The van der Waals surface area contributed by atoms with Crippen molar-refractivity contribution in [3.63, 3.8) is 0 Å². The Morgan fingerprint density at radius 1 is 1.58 bits per heavy atom. The maximum absolute atomic E-state index is 3.67. The van der Waals surface area contributed by atoms with Crippen LogP contribution >= 0.6 is 11.3 Å². The second-order valence-electron chi connectivity index (χ2n) is 2.77. The van der Waals surface area contributed by atoms with Crippen molar-refractivity contribution in [2.45, 2.75) is 19.9 Å². The van der Waals surface area contributed by atoms with E-state index in [1.165, 1.54) is 9.75 Å². The number of aryl methyl sites for hydroxylation is 1. The van der Waals surface area contributed by atoms with Crippen molar-refractivity contribution in [3.05, 3.63) is 34.5 Å². The van der Waals surface area contributed by atoms with E-state index < -0.39 is 0 Å². The van der Waals surface area contributed by atoms with Gasteiger partial charge in [0.2, 0.25) is 0 Å². The maximum Gasteiger partial charge on any atom is 0.0299 e. The molecule has 0 atom stereocenters. The first kappa shape index (κ1) is 9.49. The summed E-state index contributed by atoms with van der Waals surface area (Å²) in [5.41, 5.74) is 0. The monoisotopic (exact) mass is 181 g/mol. The summed E-state index contributed by atoms with van der Waals surface area (Å²) in [5.74, 6) is 0. The lowest BCUT2D eigenvalue weighted by Gasteiger charge is -1.98. The number of nitrogens with one attached hydrogen (secondary N) is 1. The van der Waals surface area contributed by atoms with E-state index in [4.69, 9.17) is 0 Å². The molecule has 0 radical (unpaired) electrons. The van der Waals surface area contributed by atoms with Crippen LogP contribution in [-0.4, -0.2) is 6.54 Å². The Morgan fingerprint density at radius 3 is 3.00 bits per heavy atom. The van der Waals surface area contributed by atoms with E-state index in [1.54, 1.807) is 0 Å². The third-order valence-electron chi connectivity index (χ3n) is 1.62. The van der Waals surface area contributed by atoms with Crippen molar-refractivity contribution in [2.24, 2.45) is 0 Å². The van der Waals surface area contributed by atoms with E-state index in [0.29, 0.717) is 0 Å². The van der Waals surface area contributed by atoms with Crippen molar-refractivity contribution in [1.82, 2.24) is 5.32 Å². The normalized spacial score (nSPS) is 10.1. The van der Waals surface area contributed by atoms with Crippen LogP contribution in [0.15, 0.2) is 24.8 Å². The van der Waals surface area contributed by atoms with Crippen molar-refractivity contribution < 1.29 is 0 Å². The van der Waals surface area contributed by atoms with Crippen molar-refractivity contribution >= 4 is 11.3 Å². The molecule has 0 saturated heterocycles. The lowest BCUT2D eigenvalue weighted by Crippen LogP contribution is -2.12. The van der Waals surface area contributed by atoms with Gasteiger partial charge in [0.05, 0.1) is 0 Å². The predicted octanol–water partition coefficient (Wildman–Crippen LogP) is 2.72. The Kier molecular flexibility index (Phi) is 4.05. The molecule has 1 aromatic rings. The summed E-state index contributed by atoms with van der Waals surface area (Å²) in [4.78, 5) is 2.80. The van der Waals surface area contributed by atoms with Gasteiger partial charge in [0, 0.05) is 16.3 Å². The minimum Gasteiger partial charge on any atom is -0.312 e. The van der Waals surface area contributed by atoms with E-state index in [1.807, 2.05) is 17.4 Å². The molecule has 1 rings (SSSR count). The Labute approximate surface area is 78.1 Å². The molecule has 1 N–H and O–H groups in total. The SMILES string of the molecule is C=CCCNCc1ccc(C)s1. The summed E-state index contributed by atoms with van der Waals surface area (Å²) in [6, 6.07) is 4.34. The van der Waals surface area contributed by atoms with Crippen molar-refractivity contribution in [2.75, 3.05) is 6.54 Å². The van der Waals surface area contributed by atoms with Crippen LogP contribution in [0, 0.1) is 6.92 Å². The van der Waals surface area contributed by atoms with Gasteiger partial charge in [-0.2, -0.15) is 0 Å². The van der Waals surface area contributed by atoms with E-state index in [2.05, 4.69) is 31.0 Å². The highest BCUT2D eigenvalue weighted by Crippen LogP contribution is 2.14. The molecule has 1 nitrogen and oxygen atoms in total. The molecule has 0 bridgehead atoms. The fraction of sp³-hybridized carbons (Fsp3) is 0.400. The van der Waals surface area contributed by atoms with Gasteiger partial charge in [0.15, 0.2) is 0 Å². The average Bonchev–Trinajstić information content (AvgIpc) is 2.45. The van der Waals surface area contributed by atoms with E-state index in [9.17, 15) is 0 Å². The molecule has 0 saturated carbocycles. The first-order valence-corrected chi connectivity index (χ1v) is 5.01. The molecule has 1 aromatic heterocycles. The van der Waals surface area contributed by atoms with Crippen LogP contribution in [0.25, 0.3) is 0 Å². The van der Waals surface area contributed by atoms with Crippen LogP contribution in [0.1, 0.15) is 16.2 Å². The van der Waals surface area contributed by atoms with Gasteiger partial charge in [-0.15, -0.1) is 17.9 Å². The quantitative estimate of drug-likeness (QED) is 0.544. The summed E-state index contributed by atoms with van der Waals surface area (Å²) in [6.45, 7) is 7.83. The molecule has 0 aliphatic heterocycles. The number of hydrogen-bond acceptors (Lipinski definition) is 2. The van der Waals surface area contributed by atoms with Gasteiger partial charge in [-0.25, -0.2) is 0 Å². The largest absolute Gasteiger partial charge is 0.312 e. The second kappa shape index (κ2) is 5.12. The van der Waals surface area contributed by atoms with Crippen LogP contribution in [0.2, 0.25) is 0 Å². The van der Waals surface area contributed by atoms with Crippen LogP contribution in [0.3, 0.4) is 0 Å². The standard InChI is InChI=1S/C10H15NS/c1-3-4-7-11-8-10-6-5-9(2)12-10/h3,5-6,11H,1,4,7-8H2,2H3. The first-order chi connectivity index (χ1) is 5.83. The third kappa shape index (κ3) is 3.20. The summed E-state index contributed by atoms with van der Waals surface area (Å²) in [6.07, 6.45) is 2.98. The Balaban J connectivity index is 2.19. The number of hydrogen-bond donors (Lipinski definition) is 1. The fourth-order valence-electron chi connectivity index (χ4n) is 0.996. The molecule has 0 spiro atoms. The van der Waals surface area contributed by atoms with Gasteiger partial charge in [-0.3, -0.25) is 0 Å². The average molecular weight is 181 g/mol. The Bertz CT molecular complexity index is 240. The summed E-state index contributed by atoms with van der Waals surface area (Å²) in [5, 5.41) is 3.36. The molecule has 66 valence electrons. The lowest BCUT2D eigenvalue weighted by atomic mass is 10.4. The number of thiophene rings is 1. The molecule has 0 unspecified atom stereocenters. The van der Waals surface area contributed by atoms with Gasteiger partial charge in [0.1, 0.15) is 0 Å². The Morgan fingerprint density at radius 2 is 2.42 bits per heavy atom. The van der Waals surface area contributed by atoms with E-state index >= 15 is 0 Å². The van der Waals surface area contributed by atoms with Gasteiger partial charge in [-0.05, 0) is 32.0 Å². The highest BCUT2D eigenvalue weighted by atomic mass is 32.1. The van der Waals surface area contributed by atoms with Crippen LogP contribution < -0.4 is 5.32 Å². The molecule has 0 fully saturated rings. The van der Waals surface area contributed by atoms with Gasteiger partial charge < -0.3 is 5.32 Å². The van der Waals surface area contributed by atoms with Crippen LogP contribution in [0.4, 0.5) is 0 Å². The predicted molar refractivity (Wildman–Crippen MR) is 55.6 cm³/mol. The topological polar surface area (TPSA) is 12.0 Å². The summed E-state index contributed by atoms with van der Waals surface area (Å²) >= 11 is 1.86. The molecule has 0 aliphatic carbocycles. The third-order valence-corrected chi connectivity index (χ3v) is 2.62. The minimum absolute atomic E-state index is 0.992. The zero-order chi connectivity index (χ0) is 8.81. The van der Waals surface area contributed by atoms with Gasteiger partial charge in [-0.1, -0.05) is 6.08 Å². The maximum atomic E-state index is 3.67.